The van der Waals surface area contributed by atoms with Crippen LogP contribution < -0.4 is 15.5 Å². The molecule has 1 unspecified atom stereocenters. The van der Waals surface area contributed by atoms with Crippen molar-refractivity contribution in [1.82, 2.24) is 9.88 Å². The fourth-order valence-corrected chi connectivity index (χ4v) is 4.25. The molecule has 2 heterocycles. The second kappa shape index (κ2) is 8.61. The summed E-state index contributed by atoms with van der Waals surface area (Å²) in [4.78, 5) is 26.3. The van der Waals surface area contributed by atoms with Gasteiger partial charge < -0.3 is 20.1 Å². The van der Waals surface area contributed by atoms with Crippen molar-refractivity contribution in [3.63, 3.8) is 0 Å². The van der Waals surface area contributed by atoms with Crippen molar-refractivity contribution in [3.05, 3.63) is 53.3 Å². The standard InChI is InChI=1S/C22H30N4O2/c1-15-8-5-9-16(2)21(15)24-20(27)14-23-22(28)17(3)26-13-7-11-19(26)18-10-6-12-25(18)4/h5-6,8-10,12,17,19H,7,11,13-14H2,1-4H3,(H,23,28)(H,24,27)/p+1/t17-,19-/m1/s1. The zero-order valence-corrected chi connectivity index (χ0v) is 17.2. The van der Waals surface area contributed by atoms with Crippen LogP contribution in [0.1, 0.15) is 42.6 Å². The van der Waals surface area contributed by atoms with E-state index in [2.05, 4.69) is 21.3 Å². The maximum Gasteiger partial charge on any atom is 0.278 e. The number of rotatable bonds is 6. The number of nitrogens with one attached hydrogen (secondary N) is 3. The van der Waals surface area contributed by atoms with Crippen molar-refractivity contribution in [1.29, 1.82) is 0 Å². The van der Waals surface area contributed by atoms with E-state index in [1.165, 1.54) is 10.6 Å². The van der Waals surface area contributed by atoms with Crippen molar-refractivity contribution in [3.8, 4) is 0 Å². The molecule has 1 aliphatic rings. The lowest BCUT2D eigenvalue weighted by molar-refractivity contribution is -0.932. The summed E-state index contributed by atoms with van der Waals surface area (Å²) in [5.74, 6) is -0.277. The number of aromatic nitrogens is 1. The third-order valence-corrected chi connectivity index (χ3v) is 5.86. The molecule has 1 aromatic heterocycles. The van der Waals surface area contributed by atoms with E-state index in [9.17, 15) is 9.59 Å². The van der Waals surface area contributed by atoms with E-state index in [-0.39, 0.29) is 24.4 Å². The van der Waals surface area contributed by atoms with E-state index in [0.29, 0.717) is 6.04 Å². The van der Waals surface area contributed by atoms with Gasteiger partial charge in [0.2, 0.25) is 5.91 Å². The SMILES string of the molecule is Cc1cccc(C)c1NC(=O)CNC(=O)[C@@H](C)[NH+]1CCC[C@@H]1c1cccn1C. The summed E-state index contributed by atoms with van der Waals surface area (Å²) in [6, 6.07) is 10.2. The molecule has 3 rings (SSSR count). The molecule has 28 heavy (non-hydrogen) atoms. The molecule has 1 aromatic carbocycles. The van der Waals surface area contributed by atoms with Crippen LogP contribution in [0.2, 0.25) is 0 Å². The molecule has 3 N–H and O–H groups in total. The second-order valence-corrected chi connectivity index (χ2v) is 7.82. The maximum atomic E-state index is 12.7. The number of nitrogens with zero attached hydrogens (tertiary/aromatic N) is 1. The summed E-state index contributed by atoms with van der Waals surface area (Å²) in [5.41, 5.74) is 4.11. The van der Waals surface area contributed by atoms with Gasteiger partial charge in [0, 0.05) is 31.8 Å². The van der Waals surface area contributed by atoms with Gasteiger partial charge in [-0.2, -0.15) is 0 Å². The number of amides is 2. The lowest BCUT2D eigenvalue weighted by Gasteiger charge is -2.27. The largest absolute Gasteiger partial charge is 0.350 e. The van der Waals surface area contributed by atoms with Gasteiger partial charge in [0.15, 0.2) is 6.04 Å². The molecule has 2 amide bonds. The van der Waals surface area contributed by atoms with Crippen LogP contribution in [0.15, 0.2) is 36.5 Å². The van der Waals surface area contributed by atoms with Gasteiger partial charge in [-0.25, -0.2) is 0 Å². The molecular weight excluding hydrogens is 352 g/mol. The summed E-state index contributed by atoms with van der Waals surface area (Å²) in [6.45, 7) is 6.83. The molecule has 0 bridgehead atoms. The van der Waals surface area contributed by atoms with Crippen molar-refractivity contribution in [2.75, 3.05) is 18.4 Å². The Morgan fingerprint density at radius 2 is 1.93 bits per heavy atom. The predicted octanol–water partition coefficient (Wildman–Crippen LogP) is 1.51. The number of hydrogen-bond donors (Lipinski definition) is 3. The third kappa shape index (κ3) is 4.28. The highest BCUT2D eigenvalue weighted by molar-refractivity contribution is 5.96. The molecule has 2 aromatic rings. The highest BCUT2D eigenvalue weighted by Crippen LogP contribution is 2.20. The summed E-state index contributed by atoms with van der Waals surface area (Å²) in [6.07, 6.45) is 4.24. The van der Waals surface area contributed by atoms with E-state index < -0.39 is 0 Å². The molecular formula is C22H31N4O2+. The Morgan fingerprint density at radius 3 is 2.57 bits per heavy atom. The van der Waals surface area contributed by atoms with Crippen LogP contribution in [0.25, 0.3) is 0 Å². The minimum atomic E-state index is -0.201. The number of aryl methyl sites for hydroxylation is 3. The van der Waals surface area contributed by atoms with Crippen molar-refractivity contribution >= 4 is 17.5 Å². The Labute approximate surface area is 166 Å². The minimum Gasteiger partial charge on any atom is -0.350 e. The Hall–Kier alpha value is -2.60. The monoisotopic (exact) mass is 383 g/mol. The molecule has 6 nitrogen and oxygen atoms in total. The molecule has 0 spiro atoms. The highest BCUT2D eigenvalue weighted by atomic mass is 16.2. The lowest BCUT2D eigenvalue weighted by atomic mass is 10.1. The molecule has 6 heteroatoms. The lowest BCUT2D eigenvalue weighted by Crippen LogP contribution is -3.15. The van der Waals surface area contributed by atoms with Crippen molar-refractivity contribution < 1.29 is 14.5 Å². The first-order valence-corrected chi connectivity index (χ1v) is 9.99. The Morgan fingerprint density at radius 1 is 1.21 bits per heavy atom. The molecule has 1 saturated heterocycles. The quantitative estimate of drug-likeness (QED) is 0.708. The fraction of sp³-hybridized carbons (Fsp3) is 0.455. The Kier molecular flexibility index (Phi) is 6.19. The number of benzene rings is 1. The number of carbonyl (C=O) groups is 2. The van der Waals surface area contributed by atoms with Crippen LogP contribution in [-0.4, -0.2) is 35.5 Å². The van der Waals surface area contributed by atoms with Crippen molar-refractivity contribution in [2.45, 2.75) is 45.7 Å². The number of hydrogen-bond acceptors (Lipinski definition) is 2. The first-order valence-electron chi connectivity index (χ1n) is 9.99. The van der Waals surface area contributed by atoms with Gasteiger partial charge >= 0.3 is 0 Å². The molecule has 0 radical (unpaired) electrons. The smallest absolute Gasteiger partial charge is 0.278 e. The molecule has 150 valence electrons. The summed E-state index contributed by atoms with van der Waals surface area (Å²) in [5, 5.41) is 5.74. The summed E-state index contributed by atoms with van der Waals surface area (Å²) < 4.78 is 2.14. The van der Waals surface area contributed by atoms with E-state index >= 15 is 0 Å². The van der Waals surface area contributed by atoms with Crippen LogP contribution in [0.3, 0.4) is 0 Å². The normalized spacial score (nSPS) is 20.0. The highest BCUT2D eigenvalue weighted by Gasteiger charge is 2.38. The number of carbonyl (C=O) groups excluding carboxylic acids is 2. The van der Waals surface area contributed by atoms with Gasteiger partial charge in [-0.15, -0.1) is 0 Å². The summed E-state index contributed by atoms with van der Waals surface area (Å²) >= 11 is 0. The average Bonchev–Trinajstić information content (AvgIpc) is 3.30. The topological polar surface area (TPSA) is 67.6 Å². The average molecular weight is 384 g/mol. The van der Waals surface area contributed by atoms with Crippen LogP contribution in [-0.2, 0) is 16.6 Å². The number of quaternary nitrogens is 1. The van der Waals surface area contributed by atoms with Crippen molar-refractivity contribution in [2.24, 2.45) is 7.05 Å². The maximum absolute atomic E-state index is 12.7. The van der Waals surface area contributed by atoms with Gasteiger partial charge in [0.25, 0.3) is 5.91 Å². The third-order valence-electron chi connectivity index (χ3n) is 5.86. The molecule has 1 fully saturated rings. The molecule has 3 atom stereocenters. The fourth-order valence-electron chi connectivity index (χ4n) is 4.25. The van der Waals surface area contributed by atoms with E-state index in [0.717, 1.165) is 36.2 Å². The van der Waals surface area contributed by atoms with E-state index in [1.54, 1.807) is 0 Å². The van der Waals surface area contributed by atoms with Gasteiger partial charge in [0.05, 0.1) is 18.8 Å². The van der Waals surface area contributed by atoms with Gasteiger partial charge in [-0.05, 0) is 44.0 Å². The van der Waals surface area contributed by atoms with E-state index in [4.69, 9.17) is 0 Å². The molecule has 0 aliphatic carbocycles. The first-order chi connectivity index (χ1) is 13.4. The second-order valence-electron chi connectivity index (χ2n) is 7.82. The van der Waals surface area contributed by atoms with Crippen LogP contribution in [0.4, 0.5) is 5.69 Å². The van der Waals surface area contributed by atoms with Crippen LogP contribution in [0, 0.1) is 13.8 Å². The van der Waals surface area contributed by atoms with Gasteiger partial charge in [-0.3, -0.25) is 9.59 Å². The molecule has 0 saturated carbocycles. The van der Waals surface area contributed by atoms with Gasteiger partial charge in [0.1, 0.15) is 6.04 Å². The molecule has 1 aliphatic heterocycles. The number of para-hydroxylation sites is 1. The van der Waals surface area contributed by atoms with Gasteiger partial charge in [-0.1, -0.05) is 18.2 Å². The predicted molar refractivity (Wildman–Crippen MR) is 110 cm³/mol. The summed E-state index contributed by atoms with van der Waals surface area (Å²) in [7, 11) is 2.05. The number of likely N-dealkylation sites (tertiary alicyclic amines) is 1. The first kappa shape index (κ1) is 20.1. The zero-order chi connectivity index (χ0) is 20.3. The Bertz CT molecular complexity index is 838. The van der Waals surface area contributed by atoms with E-state index in [1.807, 2.05) is 58.3 Å². The number of anilines is 1. The minimum absolute atomic E-state index is 0.0148. The van der Waals surface area contributed by atoms with Crippen LogP contribution in [0.5, 0.6) is 0 Å². The van der Waals surface area contributed by atoms with Crippen LogP contribution >= 0.6 is 0 Å². The zero-order valence-electron chi connectivity index (χ0n) is 17.2. The Balaban J connectivity index is 1.57.